The van der Waals surface area contributed by atoms with E-state index in [0.717, 1.165) is 17.7 Å². The number of pyridine rings is 1. The number of hydrogen-bond donors (Lipinski definition) is 5. The summed E-state index contributed by atoms with van der Waals surface area (Å²) < 4.78 is 92.7. The molecule has 0 aliphatic carbocycles. The minimum absolute atomic E-state index is 0.0751. The number of amides is 1. The number of likely N-dealkylation sites (N-methyl/N-ethyl adjacent to an activating group) is 1. The number of alkyl halides is 6. The molecule has 4 aromatic rings. The van der Waals surface area contributed by atoms with Gasteiger partial charge in [-0.2, -0.15) is 26.3 Å². The van der Waals surface area contributed by atoms with Crippen LogP contribution in [0.4, 0.5) is 46.6 Å². The number of rotatable bonds is 5. The third kappa shape index (κ3) is 9.48. The van der Waals surface area contributed by atoms with Gasteiger partial charge in [-0.3, -0.25) is 9.78 Å². The molecule has 1 fully saturated rings. The lowest BCUT2D eigenvalue weighted by Crippen LogP contribution is -2.56. The molecule has 5 rings (SSSR count). The third-order valence-corrected chi connectivity index (χ3v) is 6.90. The summed E-state index contributed by atoms with van der Waals surface area (Å²) in [4.78, 5) is 49.1. The van der Waals surface area contributed by atoms with E-state index in [1.807, 2.05) is 4.90 Å². The first-order chi connectivity index (χ1) is 23.2. The maximum Gasteiger partial charge on any atom is 0.490 e. The Bertz CT molecular complexity index is 1850. The van der Waals surface area contributed by atoms with E-state index in [2.05, 4.69) is 25.3 Å². The SMILES string of the molecule is CNC(=O)C1(O)CCCN(c2cnc(-c3ccc(F)c(F)c3)cc2Cn2cnc3c(N)ncnc32)C1.O=C(O)C(F)(F)F.O=C(O)C(F)(F)F. The van der Waals surface area contributed by atoms with E-state index < -0.39 is 47.4 Å². The summed E-state index contributed by atoms with van der Waals surface area (Å²) in [6.07, 6.45) is -4.68. The van der Waals surface area contributed by atoms with Gasteiger partial charge in [0.2, 0.25) is 0 Å². The van der Waals surface area contributed by atoms with Crippen molar-refractivity contribution in [3.63, 3.8) is 0 Å². The van der Waals surface area contributed by atoms with Crippen molar-refractivity contribution < 1.29 is 64.8 Å². The van der Waals surface area contributed by atoms with Gasteiger partial charge >= 0.3 is 24.3 Å². The smallest absolute Gasteiger partial charge is 0.475 e. The molecule has 6 N–H and O–H groups in total. The number of halogens is 8. The third-order valence-electron chi connectivity index (χ3n) is 6.90. The molecule has 0 spiro atoms. The summed E-state index contributed by atoms with van der Waals surface area (Å²) in [5.41, 5.74) is 7.65. The molecule has 0 bridgehead atoms. The summed E-state index contributed by atoms with van der Waals surface area (Å²) in [5.74, 6) is -7.63. The fourth-order valence-electron chi connectivity index (χ4n) is 4.57. The van der Waals surface area contributed by atoms with E-state index in [-0.39, 0.29) is 18.9 Å². The Labute approximate surface area is 275 Å². The van der Waals surface area contributed by atoms with Gasteiger partial charge in [0.25, 0.3) is 5.91 Å². The van der Waals surface area contributed by atoms with Crippen molar-refractivity contribution in [3.05, 3.63) is 60.3 Å². The maximum absolute atomic E-state index is 13.9. The van der Waals surface area contributed by atoms with Crippen LogP contribution < -0.4 is 16.0 Å². The monoisotopic (exact) mass is 722 g/mol. The first kappa shape index (κ1) is 38.8. The number of β-amino-alcohol motifs (C(OH)–C–C–N with tert-alkyl or cyclic N) is 1. The summed E-state index contributed by atoms with van der Waals surface area (Å²) in [7, 11) is 1.49. The van der Waals surface area contributed by atoms with Gasteiger partial charge in [0, 0.05) is 19.2 Å². The zero-order valence-corrected chi connectivity index (χ0v) is 25.4. The number of nitrogens with one attached hydrogen (secondary N) is 1. The Morgan fingerprint density at radius 2 is 1.58 bits per heavy atom. The molecule has 22 heteroatoms. The Morgan fingerprint density at radius 3 is 2.14 bits per heavy atom. The number of fused-ring (bicyclic) bond motifs is 1. The van der Waals surface area contributed by atoms with Crippen LogP contribution >= 0.6 is 0 Å². The van der Waals surface area contributed by atoms with Crippen LogP contribution in [0.15, 0.2) is 43.1 Å². The van der Waals surface area contributed by atoms with Crippen LogP contribution in [0.2, 0.25) is 0 Å². The highest BCUT2D eigenvalue weighted by atomic mass is 19.4. The number of aliphatic hydroxyl groups is 1. The highest BCUT2D eigenvalue weighted by Crippen LogP contribution is 2.32. The largest absolute Gasteiger partial charge is 0.490 e. The number of nitrogens with zero attached hydrogens (tertiary/aromatic N) is 6. The predicted molar refractivity (Wildman–Crippen MR) is 156 cm³/mol. The van der Waals surface area contributed by atoms with Crippen LogP contribution in [0.3, 0.4) is 0 Å². The molecule has 1 amide bonds. The first-order valence-electron chi connectivity index (χ1n) is 13.8. The number of carboxylic acids is 2. The molecular weight excluding hydrogens is 696 g/mol. The molecule has 270 valence electrons. The molecule has 0 radical (unpaired) electrons. The maximum atomic E-state index is 13.9. The van der Waals surface area contributed by atoms with Crippen molar-refractivity contribution in [3.8, 4) is 11.3 Å². The van der Waals surface area contributed by atoms with E-state index in [0.29, 0.717) is 47.5 Å². The standard InChI is InChI=1S/C24H24F2N8O2.2C2HF3O2/c1-28-23(35)24(36)5-2-6-33(11-24)19-9-29-18(14-3-4-16(25)17(26)7-14)8-15(19)10-34-13-32-20-21(27)30-12-31-22(20)34;2*3-2(4,5)1(6)7/h3-4,7-9,12-13,36H,2,5-6,10-11H2,1H3,(H,28,35)(H2,27,30,31);2*(H,6,7). The number of aliphatic carboxylic acids is 2. The molecule has 4 heterocycles. The van der Waals surface area contributed by atoms with E-state index in [9.17, 15) is 45.0 Å². The summed E-state index contributed by atoms with van der Waals surface area (Å²) >= 11 is 0. The van der Waals surface area contributed by atoms with Gasteiger partial charge in [0.05, 0.1) is 37.0 Å². The van der Waals surface area contributed by atoms with Crippen molar-refractivity contribution in [2.45, 2.75) is 37.3 Å². The van der Waals surface area contributed by atoms with Gasteiger partial charge in [-0.25, -0.2) is 33.3 Å². The number of benzene rings is 1. The van der Waals surface area contributed by atoms with E-state index >= 15 is 0 Å². The zero-order valence-electron chi connectivity index (χ0n) is 25.4. The van der Waals surface area contributed by atoms with E-state index in [4.69, 9.17) is 25.5 Å². The van der Waals surface area contributed by atoms with Gasteiger partial charge in [-0.15, -0.1) is 0 Å². The van der Waals surface area contributed by atoms with Crippen LogP contribution in [0, 0.1) is 11.6 Å². The highest BCUT2D eigenvalue weighted by Gasteiger charge is 2.41. The van der Waals surface area contributed by atoms with Crippen LogP contribution in [0.1, 0.15) is 18.4 Å². The Morgan fingerprint density at radius 1 is 0.960 bits per heavy atom. The van der Waals surface area contributed by atoms with Crippen molar-refractivity contribution in [1.29, 1.82) is 0 Å². The van der Waals surface area contributed by atoms with Crippen molar-refractivity contribution >= 4 is 40.5 Å². The number of nitrogens with two attached hydrogens (primary N) is 1. The zero-order chi connectivity index (χ0) is 37.6. The topological polar surface area (TPSA) is 210 Å². The lowest BCUT2D eigenvalue weighted by atomic mass is 9.91. The molecule has 1 aromatic carbocycles. The number of nitrogen functional groups attached to an aromatic ring is 1. The van der Waals surface area contributed by atoms with Crippen LogP contribution in [0.5, 0.6) is 0 Å². The number of imidazole rings is 1. The van der Waals surface area contributed by atoms with Crippen molar-refractivity contribution in [2.24, 2.45) is 0 Å². The second-order valence-corrected chi connectivity index (χ2v) is 10.4. The molecule has 50 heavy (non-hydrogen) atoms. The Balaban J connectivity index is 0.000000408. The van der Waals surface area contributed by atoms with Crippen LogP contribution in [0.25, 0.3) is 22.4 Å². The molecule has 1 atom stereocenters. The number of piperidine rings is 1. The number of carboxylic acid groups (broad SMARTS) is 2. The van der Waals surface area contributed by atoms with Crippen molar-refractivity contribution in [2.75, 3.05) is 30.8 Å². The normalized spacial score (nSPS) is 16.1. The molecule has 14 nitrogen and oxygen atoms in total. The molecule has 3 aromatic heterocycles. The van der Waals surface area contributed by atoms with E-state index in [1.54, 1.807) is 23.2 Å². The molecule has 1 aliphatic heterocycles. The fourth-order valence-corrected chi connectivity index (χ4v) is 4.57. The number of aromatic nitrogens is 5. The summed E-state index contributed by atoms with van der Waals surface area (Å²) in [6.45, 7) is 0.959. The van der Waals surface area contributed by atoms with Gasteiger partial charge in [-0.1, -0.05) is 0 Å². The van der Waals surface area contributed by atoms with Gasteiger partial charge in [0.1, 0.15) is 11.8 Å². The molecule has 1 unspecified atom stereocenters. The first-order valence-corrected chi connectivity index (χ1v) is 13.8. The minimum atomic E-state index is -5.08. The lowest BCUT2D eigenvalue weighted by Gasteiger charge is -2.39. The average Bonchev–Trinajstić information content (AvgIpc) is 3.45. The molecule has 1 aliphatic rings. The second kappa shape index (κ2) is 15.3. The van der Waals surface area contributed by atoms with Crippen LogP contribution in [-0.4, -0.2) is 95.8 Å². The number of carbonyl (C=O) groups excluding carboxylic acids is 1. The second-order valence-electron chi connectivity index (χ2n) is 10.4. The molecule has 1 saturated heterocycles. The summed E-state index contributed by atoms with van der Waals surface area (Å²) in [5, 5.41) is 27.8. The minimum Gasteiger partial charge on any atom is -0.475 e. The highest BCUT2D eigenvalue weighted by molar-refractivity contribution is 5.86. The Kier molecular flexibility index (Phi) is 11.8. The van der Waals surface area contributed by atoms with Gasteiger partial charge in [0.15, 0.2) is 28.7 Å². The molecule has 0 saturated carbocycles. The fraction of sp³-hybridized carbons (Fsp3) is 0.321. The predicted octanol–water partition coefficient (Wildman–Crippen LogP) is 3.14. The summed E-state index contributed by atoms with van der Waals surface area (Å²) in [6, 6.07) is 5.37. The molecular formula is C28H26F8N8O6. The number of carbonyl (C=O) groups is 3. The average molecular weight is 723 g/mol. The number of hydrogen-bond acceptors (Lipinski definition) is 10. The lowest BCUT2D eigenvalue weighted by molar-refractivity contribution is -0.193. The van der Waals surface area contributed by atoms with Crippen LogP contribution in [-0.2, 0) is 20.9 Å². The van der Waals surface area contributed by atoms with Gasteiger partial charge < -0.3 is 35.8 Å². The van der Waals surface area contributed by atoms with Crippen molar-refractivity contribution in [1.82, 2.24) is 29.8 Å². The number of anilines is 2. The Hall–Kier alpha value is -5.67. The van der Waals surface area contributed by atoms with Gasteiger partial charge in [-0.05, 0) is 42.7 Å². The van der Waals surface area contributed by atoms with E-state index in [1.165, 1.54) is 19.4 Å². The quantitative estimate of drug-likeness (QED) is 0.188.